The first-order valence-electron chi connectivity index (χ1n) is 6.30. The van der Waals surface area contributed by atoms with Crippen molar-refractivity contribution in [2.24, 2.45) is 0 Å². The van der Waals surface area contributed by atoms with E-state index < -0.39 is 0 Å². The number of rotatable bonds is 4. The zero-order valence-corrected chi connectivity index (χ0v) is 10.4. The Morgan fingerprint density at radius 3 is 2.35 bits per heavy atom. The van der Waals surface area contributed by atoms with Gasteiger partial charge in [0.15, 0.2) is 0 Å². The van der Waals surface area contributed by atoms with Crippen molar-refractivity contribution in [3.05, 3.63) is 35.4 Å². The zero-order chi connectivity index (χ0) is 12.1. The highest BCUT2D eigenvalue weighted by molar-refractivity contribution is 5.79. The van der Waals surface area contributed by atoms with Crippen molar-refractivity contribution >= 4 is 5.91 Å². The van der Waals surface area contributed by atoms with Crippen molar-refractivity contribution < 1.29 is 4.79 Å². The highest BCUT2D eigenvalue weighted by Crippen LogP contribution is 2.11. The van der Waals surface area contributed by atoms with Crippen LogP contribution in [0, 0.1) is 0 Å². The van der Waals surface area contributed by atoms with E-state index in [0.717, 1.165) is 38.0 Å². The van der Waals surface area contributed by atoms with Gasteiger partial charge in [-0.2, -0.15) is 0 Å². The van der Waals surface area contributed by atoms with Crippen LogP contribution in [0.4, 0.5) is 0 Å². The molecule has 1 N–H and O–H groups in total. The molecule has 3 heteroatoms. The molecular weight excluding hydrogens is 212 g/mol. The van der Waals surface area contributed by atoms with Gasteiger partial charge >= 0.3 is 0 Å². The summed E-state index contributed by atoms with van der Waals surface area (Å²) in [7, 11) is 1.94. The van der Waals surface area contributed by atoms with Crippen molar-refractivity contribution in [2.45, 2.75) is 25.8 Å². The monoisotopic (exact) mass is 232 g/mol. The number of likely N-dealkylation sites (tertiary alicyclic amines) is 1. The van der Waals surface area contributed by atoms with Crippen molar-refractivity contribution in [2.75, 3.05) is 20.1 Å². The first-order chi connectivity index (χ1) is 8.29. The van der Waals surface area contributed by atoms with Gasteiger partial charge in [0.25, 0.3) is 0 Å². The lowest BCUT2D eigenvalue weighted by Crippen LogP contribution is -2.29. The molecule has 1 heterocycles. The molecule has 3 nitrogen and oxygen atoms in total. The molecule has 0 aromatic heterocycles. The van der Waals surface area contributed by atoms with E-state index in [-0.39, 0.29) is 5.91 Å². The van der Waals surface area contributed by atoms with E-state index in [0.29, 0.717) is 6.42 Å². The number of nitrogens with zero attached hydrogens (tertiary/aromatic N) is 1. The normalized spacial score (nSPS) is 15.2. The summed E-state index contributed by atoms with van der Waals surface area (Å²) in [4.78, 5) is 13.9. The van der Waals surface area contributed by atoms with Crippen LogP contribution in [0.25, 0.3) is 0 Å². The van der Waals surface area contributed by atoms with Gasteiger partial charge in [0.05, 0.1) is 6.42 Å². The Labute approximate surface area is 103 Å². The van der Waals surface area contributed by atoms with Crippen LogP contribution in [0.3, 0.4) is 0 Å². The van der Waals surface area contributed by atoms with E-state index in [1.807, 2.05) is 11.9 Å². The Hall–Kier alpha value is -1.35. The van der Waals surface area contributed by atoms with Crippen LogP contribution in [0.5, 0.6) is 0 Å². The number of nitrogens with one attached hydrogen (secondary N) is 1. The number of hydrogen-bond acceptors (Lipinski definition) is 2. The van der Waals surface area contributed by atoms with Crippen LogP contribution in [0.2, 0.25) is 0 Å². The fraction of sp³-hybridized carbons (Fsp3) is 0.500. The van der Waals surface area contributed by atoms with E-state index in [1.54, 1.807) is 0 Å². The SMILES string of the molecule is CNCc1ccc(CC(=O)N2CCCC2)cc1. The number of carbonyl (C=O) groups is 1. The van der Waals surface area contributed by atoms with Crippen LogP contribution >= 0.6 is 0 Å². The third-order valence-electron chi connectivity index (χ3n) is 3.22. The van der Waals surface area contributed by atoms with Crippen molar-refractivity contribution in [1.82, 2.24) is 10.2 Å². The fourth-order valence-electron chi connectivity index (χ4n) is 2.23. The van der Waals surface area contributed by atoms with Gasteiger partial charge in [-0.1, -0.05) is 24.3 Å². The van der Waals surface area contributed by atoms with Crippen LogP contribution in [-0.4, -0.2) is 30.9 Å². The summed E-state index contributed by atoms with van der Waals surface area (Å²) < 4.78 is 0. The minimum atomic E-state index is 0.267. The summed E-state index contributed by atoms with van der Waals surface area (Å²) >= 11 is 0. The van der Waals surface area contributed by atoms with Gasteiger partial charge in [-0.05, 0) is 31.0 Å². The van der Waals surface area contributed by atoms with Gasteiger partial charge in [-0.3, -0.25) is 4.79 Å². The zero-order valence-electron chi connectivity index (χ0n) is 10.4. The smallest absolute Gasteiger partial charge is 0.226 e. The Bertz CT molecular complexity index is 366. The molecule has 92 valence electrons. The number of benzene rings is 1. The van der Waals surface area contributed by atoms with Crippen molar-refractivity contribution in [1.29, 1.82) is 0 Å². The van der Waals surface area contributed by atoms with Gasteiger partial charge in [-0.15, -0.1) is 0 Å². The largest absolute Gasteiger partial charge is 0.342 e. The molecule has 0 saturated carbocycles. The molecule has 0 radical (unpaired) electrons. The summed E-state index contributed by atoms with van der Waals surface area (Å²) in [6.07, 6.45) is 2.86. The summed E-state index contributed by atoms with van der Waals surface area (Å²) in [5.74, 6) is 0.267. The molecule has 1 aromatic rings. The Morgan fingerprint density at radius 2 is 1.76 bits per heavy atom. The molecule has 0 bridgehead atoms. The summed E-state index contributed by atoms with van der Waals surface area (Å²) in [5, 5.41) is 3.11. The van der Waals surface area contributed by atoms with Gasteiger partial charge in [0.1, 0.15) is 0 Å². The fourth-order valence-corrected chi connectivity index (χ4v) is 2.23. The summed E-state index contributed by atoms with van der Waals surface area (Å²) in [6, 6.07) is 8.29. The Morgan fingerprint density at radius 1 is 1.18 bits per heavy atom. The van der Waals surface area contributed by atoms with Gasteiger partial charge < -0.3 is 10.2 Å². The maximum atomic E-state index is 11.9. The molecule has 0 aliphatic carbocycles. The first kappa shape index (κ1) is 12.1. The molecule has 1 fully saturated rings. The van der Waals surface area contributed by atoms with E-state index in [9.17, 15) is 4.79 Å². The predicted molar refractivity (Wildman–Crippen MR) is 68.7 cm³/mol. The first-order valence-corrected chi connectivity index (χ1v) is 6.30. The van der Waals surface area contributed by atoms with E-state index in [1.165, 1.54) is 5.56 Å². The quantitative estimate of drug-likeness (QED) is 0.854. The summed E-state index contributed by atoms with van der Waals surface area (Å²) in [5.41, 5.74) is 2.37. The minimum absolute atomic E-state index is 0.267. The van der Waals surface area contributed by atoms with Gasteiger partial charge in [0.2, 0.25) is 5.91 Å². The number of amides is 1. The number of carbonyl (C=O) groups excluding carboxylic acids is 1. The Kier molecular flexibility index (Phi) is 4.15. The van der Waals surface area contributed by atoms with Crippen LogP contribution in [-0.2, 0) is 17.8 Å². The van der Waals surface area contributed by atoms with Crippen LogP contribution in [0.15, 0.2) is 24.3 Å². The highest BCUT2D eigenvalue weighted by Gasteiger charge is 2.17. The standard InChI is InChI=1S/C14H20N2O/c1-15-11-13-6-4-12(5-7-13)10-14(17)16-8-2-3-9-16/h4-7,15H,2-3,8-11H2,1H3. The maximum absolute atomic E-state index is 11.9. The number of hydrogen-bond donors (Lipinski definition) is 1. The highest BCUT2D eigenvalue weighted by atomic mass is 16.2. The Balaban J connectivity index is 1.91. The van der Waals surface area contributed by atoms with E-state index >= 15 is 0 Å². The van der Waals surface area contributed by atoms with E-state index in [2.05, 4.69) is 29.6 Å². The topological polar surface area (TPSA) is 32.3 Å². The van der Waals surface area contributed by atoms with Crippen molar-refractivity contribution in [3.8, 4) is 0 Å². The molecule has 2 rings (SSSR count). The molecule has 1 aromatic carbocycles. The van der Waals surface area contributed by atoms with Gasteiger partial charge in [0, 0.05) is 19.6 Å². The van der Waals surface area contributed by atoms with Crippen LogP contribution in [0.1, 0.15) is 24.0 Å². The second-order valence-electron chi connectivity index (χ2n) is 4.61. The third-order valence-corrected chi connectivity index (χ3v) is 3.22. The van der Waals surface area contributed by atoms with Crippen LogP contribution < -0.4 is 5.32 Å². The average molecular weight is 232 g/mol. The molecule has 1 saturated heterocycles. The van der Waals surface area contributed by atoms with Gasteiger partial charge in [-0.25, -0.2) is 0 Å². The second-order valence-corrected chi connectivity index (χ2v) is 4.61. The predicted octanol–water partition coefficient (Wildman–Crippen LogP) is 1.57. The van der Waals surface area contributed by atoms with Crippen molar-refractivity contribution in [3.63, 3.8) is 0 Å². The lowest BCUT2D eigenvalue weighted by atomic mass is 10.1. The molecule has 17 heavy (non-hydrogen) atoms. The summed E-state index contributed by atoms with van der Waals surface area (Å²) in [6.45, 7) is 2.76. The molecular formula is C14H20N2O. The minimum Gasteiger partial charge on any atom is -0.342 e. The third kappa shape index (κ3) is 3.30. The second kappa shape index (κ2) is 5.82. The lowest BCUT2D eigenvalue weighted by Gasteiger charge is -2.15. The maximum Gasteiger partial charge on any atom is 0.226 e. The molecule has 1 aliphatic rings. The lowest BCUT2D eigenvalue weighted by molar-refractivity contribution is -0.129. The average Bonchev–Trinajstić information content (AvgIpc) is 2.86. The molecule has 1 amide bonds. The molecule has 0 unspecified atom stereocenters. The molecule has 0 spiro atoms. The molecule has 1 aliphatic heterocycles. The molecule has 0 atom stereocenters. The van der Waals surface area contributed by atoms with E-state index in [4.69, 9.17) is 0 Å².